The number of hydrogen-bond donors (Lipinski definition) is 2. The molecule has 2 aromatic heterocycles. The summed E-state index contributed by atoms with van der Waals surface area (Å²) < 4.78 is 6.98. The Balaban J connectivity index is 1.19. The Bertz CT molecular complexity index is 1200. The summed E-state index contributed by atoms with van der Waals surface area (Å²) in [6.07, 6.45) is 8.17. The van der Waals surface area contributed by atoms with Crippen molar-refractivity contribution in [3.05, 3.63) is 40.3 Å². The molecule has 2 aliphatic heterocycles. The minimum absolute atomic E-state index is 0.389. The van der Waals surface area contributed by atoms with Gasteiger partial charge in [0.1, 0.15) is 0 Å². The van der Waals surface area contributed by atoms with Gasteiger partial charge in [0.15, 0.2) is 5.15 Å². The number of aromatic nitrogens is 4. The summed E-state index contributed by atoms with van der Waals surface area (Å²) in [6, 6.07) is 4.66. The highest BCUT2D eigenvalue weighted by Gasteiger charge is 2.36. The Morgan fingerprint density at radius 3 is 2.62 bits per heavy atom. The molecule has 34 heavy (non-hydrogen) atoms. The van der Waals surface area contributed by atoms with Crippen LogP contribution in [0.4, 0.5) is 11.6 Å². The molecule has 6 rings (SSSR count). The first-order valence-electron chi connectivity index (χ1n) is 12.0. The molecule has 1 aliphatic carbocycles. The SMILES string of the molecule is OC1(Cn2ncc(Nc3ncc4cc(Cl)c(C5CCN(C6COC6)CC5)cc4n3)c2Cl)CCC1. The number of fused-ring (bicyclic) bond motifs is 1. The Hall–Kier alpha value is -1.97. The molecule has 4 heterocycles. The van der Waals surface area contributed by atoms with E-state index in [0.29, 0.717) is 35.3 Å². The molecule has 3 aromatic rings. The fourth-order valence-electron chi connectivity index (χ4n) is 5.16. The number of benzene rings is 1. The summed E-state index contributed by atoms with van der Waals surface area (Å²) in [7, 11) is 0. The zero-order valence-corrected chi connectivity index (χ0v) is 20.4. The topological polar surface area (TPSA) is 88.3 Å². The average Bonchev–Trinajstić information content (AvgIpc) is 3.11. The molecule has 0 unspecified atom stereocenters. The van der Waals surface area contributed by atoms with E-state index in [4.69, 9.17) is 32.9 Å². The highest BCUT2D eigenvalue weighted by molar-refractivity contribution is 6.32. The third-order valence-corrected chi connectivity index (χ3v) is 8.28. The van der Waals surface area contributed by atoms with Gasteiger partial charge in [-0.25, -0.2) is 14.6 Å². The molecule has 1 aromatic carbocycles. The minimum atomic E-state index is -0.705. The third kappa shape index (κ3) is 4.27. The van der Waals surface area contributed by atoms with Gasteiger partial charge in [0.05, 0.1) is 48.8 Å². The van der Waals surface area contributed by atoms with Crippen LogP contribution in [0, 0.1) is 0 Å². The normalized spacial score (nSPS) is 21.4. The van der Waals surface area contributed by atoms with Crippen molar-refractivity contribution in [3.63, 3.8) is 0 Å². The second kappa shape index (κ2) is 8.91. The van der Waals surface area contributed by atoms with Crippen molar-refractivity contribution < 1.29 is 9.84 Å². The highest BCUT2D eigenvalue weighted by Crippen LogP contribution is 2.37. The van der Waals surface area contributed by atoms with E-state index in [-0.39, 0.29) is 0 Å². The van der Waals surface area contributed by atoms with Gasteiger partial charge in [-0.3, -0.25) is 4.90 Å². The van der Waals surface area contributed by atoms with Crippen LogP contribution in [-0.2, 0) is 11.3 Å². The number of aliphatic hydroxyl groups is 1. The molecule has 3 aliphatic rings. The molecular weight excluding hydrogens is 475 g/mol. The molecule has 2 saturated heterocycles. The van der Waals surface area contributed by atoms with Gasteiger partial charge in [0, 0.05) is 16.6 Å². The molecule has 0 atom stereocenters. The Morgan fingerprint density at radius 2 is 1.94 bits per heavy atom. The maximum atomic E-state index is 10.4. The molecule has 8 nitrogen and oxygen atoms in total. The molecule has 10 heteroatoms. The summed E-state index contributed by atoms with van der Waals surface area (Å²) in [5.41, 5.74) is 1.91. The van der Waals surface area contributed by atoms with E-state index in [2.05, 4.69) is 26.4 Å². The van der Waals surface area contributed by atoms with E-state index in [1.54, 1.807) is 17.1 Å². The second-order valence-corrected chi connectivity index (χ2v) is 10.6. The minimum Gasteiger partial charge on any atom is -0.388 e. The van der Waals surface area contributed by atoms with Crippen LogP contribution in [0.3, 0.4) is 0 Å². The number of piperidine rings is 1. The number of halogens is 2. The van der Waals surface area contributed by atoms with Crippen molar-refractivity contribution in [1.82, 2.24) is 24.6 Å². The number of anilines is 2. The molecule has 0 radical (unpaired) electrons. The number of rotatable bonds is 6. The van der Waals surface area contributed by atoms with Crippen LogP contribution in [-0.4, -0.2) is 67.7 Å². The summed E-state index contributed by atoms with van der Waals surface area (Å²) >= 11 is 13.2. The summed E-state index contributed by atoms with van der Waals surface area (Å²) in [5.74, 6) is 0.870. The van der Waals surface area contributed by atoms with Gasteiger partial charge in [-0.2, -0.15) is 5.10 Å². The predicted molar refractivity (Wildman–Crippen MR) is 132 cm³/mol. The van der Waals surface area contributed by atoms with E-state index in [9.17, 15) is 5.11 Å². The van der Waals surface area contributed by atoms with Gasteiger partial charge in [-0.05, 0) is 68.8 Å². The third-order valence-electron chi connectivity index (χ3n) is 7.55. The quantitative estimate of drug-likeness (QED) is 0.517. The van der Waals surface area contributed by atoms with E-state index >= 15 is 0 Å². The van der Waals surface area contributed by atoms with Crippen LogP contribution in [0.25, 0.3) is 10.9 Å². The van der Waals surface area contributed by atoms with E-state index in [1.807, 2.05) is 6.07 Å². The molecule has 0 amide bonds. The molecule has 0 bridgehead atoms. The smallest absolute Gasteiger partial charge is 0.227 e. The molecule has 3 fully saturated rings. The lowest BCUT2D eigenvalue weighted by Crippen LogP contribution is -2.51. The first-order valence-corrected chi connectivity index (χ1v) is 12.7. The summed E-state index contributed by atoms with van der Waals surface area (Å²) in [4.78, 5) is 11.7. The fourth-order valence-corrected chi connectivity index (χ4v) is 5.68. The Labute approximate surface area is 208 Å². The second-order valence-electron chi connectivity index (χ2n) is 9.84. The average molecular weight is 503 g/mol. The summed E-state index contributed by atoms with van der Waals surface area (Å²) in [6.45, 7) is 4.25. The maximum Gasteiger partial charge on any atom is 0.227 e. The maximum absolute atomic E-state index is 10.4. The van der Waals surface area contributed by atoms with Crippen molar-refractivity contribution in [2.45, 2.75) is 56.2 Å². The highest BCUT2D eigenvalue weighted by atomic mass is 35.5. The number of nitrogens with zero attached hydrogens (tertiary/aromatic N) is 5. The van der Waals surface area contributed by atoms with Crippen LogP contribution in [0.5, 0.6) is 0 Å². The molecule has 1 saturated carbocycles. The zero-order chi connectivity index (χ0) is 23.3. The van der Waals surface area contributed by atoms with Gasteiger partial charge in [0.25, 0.3) is 0 Å². The molecule has 0 spiro atoms. The number of ether oxygens (including phenoxy) is 1. The van der Waals surface area contributed by atoms with Crippen LogP contribution < -0.4 is 5.32 Å². The van der Waals surface area contributed by atoms with Gasteiger partial charge >= 0.3 is 0 Å². The van der Waals surface area contributed by atoms with Crippen molar-refractivity contribution >= 4 is 45.7 Å². The Morgan fingerprint density at radius 1 is 1.15 bits per heavy atom. The van der Waals surface area contributed by atoms with Crippen LogP contribution in [0.15, 0.2) is 24.5 Å². The van der Waals surface area contributed by atoms with Crippen molar-refractivity contribution in [1.29, 1.82) is 0 Å². The fraction of sp³-hybridized carbons (Fsp3) is 0.542. The van der Waals surface area contributed by atoms with Gasteiger partial charge in [-0.15, -0.1) is 0 Å². The van der Waals surface area contributed by atoms with E-state index < -0.39 is 5.60 Å². The van der Waals surface area contributed by atoms with Gasteiger partial charge in [-0.1, -0.05) is 23.2 Å². The van der Waals surface area contributed by atoms with Crippen LogP contribution in [0.1, 0.15) is 43.6 Å². The Kier molecular flexibility index (Phi) is 5.90. The van der Waals surface area contributed by atoms with Gasteiger partial charge in [0.2, 0.25) is 5.95 Å². The zero-order valence-electron chi connectivity index (χ0n) is 18.9. The standard InChI is InChI=1S/C24H28Cl2N6O2/c25-19-8-16-10-27-23(30-21-11-28-32(22(21)26)14-24(33)4-1-5-24)29-20(16)9-18(19)15-2-6-31(7-3-15)17-12-34-13-17/h8-11,15,17,33H,1-7,12-14H2,(H,27,29,30). The molecular formula is C24H28Cl2N6O2. The van der Waals surface area contributed by atoms with Gasteiger partial charge < -0.3 is 15.2 Å². The lowest BCUT2D eigenvalue weighted by Gasteiger charge is -2.41. The van der Waals surface area contributed by atoms with Crippen LogP contribution in [0.2, 0.25) is 10.2 Å². The van der Waals surface area contributed by atoms with Crippen molar-refractivity contribution in [2.24, 2.45) is 0 Å². The van der Waals surface area contributed by atoms with Crippen molar-refractivity contribution in [2.75, 3.05) is 31.6 Å². The van der Waals surface area contributed by atoms with Crippen molar-refractivity contribution in [3.8, 4) is 0 Å². The molecule has 180 valence electrons. The lowest BCUT2D eigenvalue weighted by molar-refractivity contribution is -0.0712. The summed E-state index contributed by atoms with van der Waals surface area (Å²) in [5, 5.41) is 20.1. The first-order chi connectivity index (χ1) is 16.5. The van der Waals surface area contributed by atoms with E-state index in [1.165, 1.54) is 0 Å². The lowest BCUT2D eigenvalue weighted by atomic mass is 9.80. The number of likely N-dealkylation sites (tertiary alicyclic amines) is 1. The largest absolute Gasteiger partial charge is 0.388 e. The number of hydrogen-bond acceptors (Lipinski definition) is 7. The first kappa shape index (κ1) is 22.5. The van der Waals surface area contributed by atoms with E-state index in [0.717, 1.165) is 79.9 Å². The predicted octanol–water partition coefficient (Wildman–Crippen LogP) is 4.37. The number of nitrogens with one attached hydrogen (secondary N) is 1. The molecule has 2 N–H and O–H groups in total. The van der Waals surface area contributed by atoms with Crippen LogP contribution >= 0.6 is 23.2 Å². The monoisotopic (exact) mass is 502 g/mol.